The Morgan fingerprint density at radius 3 is 2.27 bits per heavy atom. The van der Waals surface area contributed by atoms with Gasteiger partial charge in [0, 0.05) is 6.61 Å². The Balaban J connectivity index is 0. The second kappa shape index (κ2) is 8.31. The summed E-state index contributed by atoms with van der Waals surface area (Å²) in [7, 11) is -4.29. The topological polar surface area (TPSA) is 76.0 Å². The van der Waals surface area contributed by atoms with Gasteiger partial charge < -0.3 is 14.5 Å². The number of rotatable bonds is 5. The van der Waals surface area contributed by atoms with Crippen molar-refractivity contribution >= 4 is 59.2 Å². The average molecular weight is 210 g/mol. The standard InChI is InChI=1S/C4H11O5P.K.H/c1-2-8-3-4-9-10(5,6)7;;/h2-4H2,1H3,(H2,5,6,7);;. The van der Waals surface area contributed by atoms with Gasteiger partial charge in [0.1, 0.15) is 0 Å². The van der Waals surface area contributed by atoms with Crippen LogP contribution >= 0.6 is 7.82 Å². The van der Waals surface area contributed by atoms with Crippen molar-refractivity contribution < 1.29 is 23.6 Å². The summed E-state index contributed by atoms with van der Waals surface area (Å²) in [6.45, 7) is 2.45. The second-order valence-corrected chi connectivity index (χ2v) is 2.76. The SMILES string of the molecule is CCOCCOP(=O)(O)O.[KH]. The molecule has 7 heteroatoms. The number of phosphoric acid groups is 1. The predicted molar refractivity (Wildman–Crippen MR) is 41.6 cm³/mol. The molecule has 0 atom stereocenters. The molecule has 0 fully saturated rings. The van der Waals surface area contributed by atoms with Gasteiger partial charge in [-0.15, -0.1) is 0 Å². The molecule has 0 spiro atoms. The number of hydrogen-bond donors (Lipinski definition) is 2. The third kappa shape index (κ3) is 14.5. The van der Waals surface area contributed by atoms with E-state index in [1.165, 1.54) is 0 Å². The van der Waals surface area contributed by atoms with Crippen molar-refractivity contribution in [2.45, 2.75) is 6.92 Å². The fraction of sp³-hybridized carbons (Fsp3) is 1.00. The van der Waals surface area contributed by atoms with Gasteiger partial charge in [-0.25, -0.2) is 4.57 Å². The van der Waals surface area contributed by atoms with Crippen LogP contribution < -0.4 is 0 Å². The molecule has 0 amide bonds. The van der Waals surface area contributed by atoms with Crippen molar-refractivity contribution in [1.29, 1.82) is 0 Å². The van der Waals surface area contributed by atoms with Crippen molar-refractivity contribution in [2.75, 3.05) is 19.8 Å². The Kier molecular flexibility index (Phi) is 11.5. The molecule has 0 unspecified atom stereocenters. The molecule has 0 aromatic carbocycles. The fourth-order valence-corrected chi connectivity index (χ4v) is 0.672. The zero-order valence-electron chi connectivity index (χ0n) is 5.69. The summed E-state index contributed by atoms with van der Waals surface area (Å²) in [5.41, 5.74) is 0. The second-order valence-electron chi connectivity index (χ2n) is 1.52. The molecule has 0 aromatic heterocycles. The van der Waals surface area contributed by atoms with Gasteiger partial charge >= 0.3 is 59.2 Å². The third-order valence-corrected chi connectivity index (χ3v) is 1.21. The minimum absolute atomic E-state index is 0. The van der Waals surface area contributed by atoms with E-state index in [-0.39, 0.29) is 64.6 Å². The monoisotopic (exact) mass is 210 g/mol. The van der Waals surface area contributed by atoms with Crippen molar-refractivity contribution in [3.8, 4) is 0 Å². The van der Waals surface area contributed by atoms with E-state index >= 15 is 0 Å². The molecule has 2 N–H and O–H groups in total. The molecule has 0 saturated carbocycles. The molecular formula is C4H12KO5P. The van der Waals surface area contributed by atoms with Crippen molar-refractivity contribution in [3.05, 3.63) is 0 Å². The molecular weight excluding hydrogens is 198 g/mol. The Bertz CT molecular complexity index is 124. The predicted octanol–water partition coefficient (Wildman–Crippen LogP) is -0.516. The summed E-state index contributed by atoms with van der Waals surface area (Å²) in [4.78, 5) is 16.3. The molecule has 5 nitrogen and oxygen atoms in total. The molecule has 0 aliphatic heterocycles. The number of phosphoric ester groups is 1. The van der Waals surface area contributed by atoms with Crippen LogP contribution in [0.15, 0.2) is 0 Å². The van der Waals surface area contributed by atoms with Crippen molar-refractivity contribution in [3.63, 3.8) is 0 Å². The molecule has 0 heterocycles. The van der Waals surface area contributed by atoms with Crippen LogP contribution in [-0.4, -0.2) is 81.0 Å². The van der Waals surface area contributed by atoms with Crippen molar-refractivity contribution in [2.24, 2.45) is 0 Å². The van der Waals surface area contributed by atoms with E-state index in [0.29, 0.717) is 6.61 Å². The fourth-order valence-electron chi connectivity index (χ4n) is 0.359. The molecule has 0 bridgehead atoms. The van der Waals surface area contributed by atoms with Crippen LogP contribution in [-0.2, 0) is 13.8 Å². The summed E-state index contributed by atoms with van der Waals surface area (Å²) >= 11 is 0. The van der Waals surface area contributed by atoms with E-state index in [9.17, 15) is 4.57 Å². The zero-order valence-corrected chi connectivity index (χ0v) is 6.58. The Labute approximate surface area is 108 Å². The van der Waals surface area contributed by atoms with Crippen LogP contribution in [0.5, 0.6) is 0 Å². The quantitative estimate of drug-likeness (QED) is 0.363. The summed E-state index contributed by atoms with van der Waals surface area (Å²) < 4.78 is 18.8. The molecule has 0 aromatic rings. The molecule has 11 heavy (non-hydrogen) atoms. The first-order chi connectivity index (χ1) is 4.56. The Hall–Kier alpha value is 1.71. The normalized spacial score (nSPS) is 10.8. The summed E-state index contributed by atoms with van der Waals surface area (Å²) in [6.07, 6.45) is 0. The summed E-state index contributed by atoms with van der Waals surface area (Å²) in [5.74, 6) is 0. The van der Waals surface area contributed by atoms with Gasteiger partial charge in [0.2, 0.25) is 0 Å². The van der Waals surface area contributed by atoms with Gasteiger partial charge in [0.25, 0.3) is 0 Å². The van der Waals surface area contributed by atoms with Crippen LogP contribution in [0.4, 0.5) is 0 Å². The first-order valence-electron chi connectivity index (χ1n) is 2.84. The molecule has 64 valence electrons. The molecule has 0 radical (unpaired) electrons. The minimum atomic E-state index is -4.29. The van der Waals surface area contributed by atoms with Gasteiger partial charge in [0.05, 0.1) is 13.2 Å². The van der Waals surface area contributed by atoms with E-state index in [2.05, 4.69) is 4.52 Å². The first kappa shape index (κ1) is 15.2. The van der Waals surface area contributed by atoms with Gasteiger partial charge in [-0.05, 0) is 6.92 Å². The molecule has 0 rings (SSSR count). The van der Waals surface area contributed by atoms with E-state index in [0.717, 1.165) is 0 Å². The molecule has 0 saturated heterocycles. The zero-order chi connectivity index (χ0) is 8.04. The summed E-state index contributed by atoms with van der Waals surface area (Å²) in [6, 6.07) is 0. The number of ether oxygens (including phenoxy) is 1. The van der Waals surface area contributed by atoms with Gasteiger partial charge in [-0.3, -0.25) is 4.52 Å². The van der Waals surface area contributed by atoms with Crippen LogP contribution in [0, 0.1) is 0 Å². The van der Waals surface area contributed by atoms with Crippen LogP contribution in [0.2, 0.25) is 0 Å². The third-order valence-electron chi connectivity index (χ3n) is 0.691. The van der Waals surface area contributed by atoms with E-state index in [4.69, 9.17) is 14.5 Å². The molecule has 0 aliphatic rings. The van der Waals surface area contributed by atoms with Gasteiger partial charge in [-0.1, -0.05) is 0 Å². The van der Waals surface area contributed by atoms with Crippen LogP contribution in [0.1, 0.15) is 6.92 Å². The van der Waals surface area contributed by atoms with Gasteiger partial charge in [-0.2, -0.15) is 0 Å². The number of hydrogen-bond acceptors (Lipinski definition) is 3. The molecule has 0 aliphatic carbocycles. The first-order valence-corrected chi connectivity index (χ1v) is 4.37. The van der Waals surface area contributed by atoms with E-state index in [1.54, 1.807) is 6.92 Å². The van der Waals surface area contributed by atoms with E-state index < -0.39 is 7.82 Å². The Morgan fingerprint density at radius 1 is 1.36 bits per heavy atom. The van der Waals surface area contributed by atoms with Crippen molar-refractivity contribution in [1.82, 2.24) is 0 Å². The van der Waals surface area contributed by atoms with Crippen LogP contribution in [0.25, 0.3) is 0 Å². The van der Waals surface area contributed by atoms with Gasteiger partial charge in [0.15, 0.2) is 0 Å². The van der Waals surface area contributed by atoms with Crippen LogP contribution in [0.3, 0.4) is 0 Å². The maximum atomic E-state index is 10.0. The maximum absolute atomic E-state index is 10.0. The van der Waals surface area contributed by atoms with E-state index in [1.807, 2.05) is 0 Å². The Morgan fingerprint density at radius 2 is 1.91 bits per heavy atom. The average Bonchev–Trinajstić information content (AvgIpc) is 1.78. The summed E-state index contributed by atoms with van der Waals surface area (Å²) in [5, 5.41) is 0.